The van der Waals surface area contributed by atoms with Crippen molar-refractivity contribution in [2.45, 2.75) is 26.1 Å². The summed E-state index contributed by atoms with van der Waals surface area (Å²) < 4.78 is 32.6. The first kappa shape index (κ1) is 16.5. The largest absolute Gasteiger partial charge is 0.361 e. The summed E-state index contributed by atoms with van der Waals surface area (Å²) in [5.41, 5.74) is 1.88. The van der Waals surface area contributed by atoms with Crippen molar-refractivity contribution in [2.75, 3.05) is 0 Å². The molecule has 1 N–H and O–H groups in total. The molecule has 114 valence electrons. The minimum atomic E-state index is -3.49. The van der Waals surface area contributed by atoms with E-state index in [1.165, 1.54) is 0 Å². The predicted octanol–water partition coefficient (Wildman–Crippen LogP) is 3.33. The summed E-state index contributed by atoms with van der Waals surface area (Å²) in [5.74, 6) is 0.349. The van der Waals surface area contributed by atoms with E-state index in [1.807, 2.05) is 6.07 Å². The zero-order chi connectivity index (χ0) is 15.6. The molecule has 0 aliphatic rings. The van der Waals surface area contributed by atoms with Crippen molar-refractivity contribution in [3.05, 3.63) is 50.3 Å². The Hall–Kier alpha value is -0.890. The van der Waals surface area contributed by atoms with E-state index in [0.717, 1.165) is 4.47 Å². The van der Waals surface area contributed by atoms with Crippen LogP contribution in [0, 0.1) is 13.8 Å². The van der Waals surface area contributed by atoms with E-state index in [2.05, 4.69) is 25.8 Å². The second-order valence-electron chi connectivity index (χ2n) is 4.62. The van der Waals surface area contributed by atoms with Gasteiger partial charge in [0.05, 0.1) is 11.4 Å². The first-order valence-corrected chi connectivity index (χ1v) is 8.94. The van der Waals surface area contributed by atoms with Gasteiger partial charge in [-0.1, -0.05) is 38.8 Å². The molecule has 2 rings (SSSR count). The average molecular weight is 394 g/mol. The number of hydrogen-bond acceptors (Lipinski definition) is 4. The summed E-state index contributed by atoms with van der Waals surface area (Å²) in [6.45, 7) is 3.54. The number of aryl methyl sites for hydroxylation is 2. The molecule has 0 spiro atoms. The van der Waals surface area contributed by atoms with Gasteiger partial charge in [0.25, 0.3) is 0 Å². The summed E-state index contributed by atoms with van der Waals surface area (Å²) in [4.78, 5) is 0. The number of rotatable bonds is 5. The zero-order valence-corrected chi connectivity index (χ0v) is 14.6. The standard InChI is InChI=1S/C13H14BrClN2O3S/c1-8-12(9(2)20-17-8)7-21(18,19)16-6-10-3-4-11(14)5-13(10)15/h3-5,16H,6-7H2,1-2H3. The summed E-state index contributed by atoms with van der Waals surface area (Å²) >= 11 is 9.36. The van der Waals surface area contributed by atoms with Gasteiger partial charge in [0.2, 0.25) is 10.0 Å². The first-order chi connectivity index (χ1) is 9.78. The van der Waals surface area contributed by atoms with Gasteiger partial charge in [-0.15, -0.1) is 0 Å². The molecule has 0 atom stereocenters. The number of benzene rings is 1. The lowest BCUT2D eigenvalue weighted by Crippen LogP contribution is -2.25. The Bertz CT molecular complexity index is 739. The molecule has 21 heavy (non-hydrogen) atoms. The highest BCUT2D eigenvalue weighted by atomic mass is 79.9. The van der Waals surface area contributed by atoms with E-state index in [1.54, 1.807) is 26.0 Å². The Kier molecular flexibility index (Phi) is 5.08. The number of hydrogen-bond donors (Lipinski definition) is 1. The Labute approximate surface area is 136 Å². The molecule has 1 aromatic heterocycles. The highest BCUT2D eigenvalue weighted by Gasteiger charge is 2.18. The van der Waals surface area contributed by atoms with Crippen LogP contribution in [0.4, 0.5) is 0 Å². The van der Waals surface area contributed by atoms with Gasteiger partial charge in [-0.3, -0.25) is 0 Å². The number of aromatic nitrogens is 1. The fourth-order valence-electron chi connectivity index (χ4n) is 1.80. The average Bonchev–Trinajstić information content (AvgIpc) is 2.69. The lowest BCUT2D eigenvalue weighted by molar-refractivity contribution is 0.392. The van der Waals surface area contributed by atoms with Crippen molar-refractivity contribution >= 4 is 37.6 Å². The van der Waals surface area contributed by atoms with Gasteiger partial charge in [0.1, 0.15) is 5.76 Å². The maximum Gasteiger partial charge on any atom is 0.216 e. The lowest BCUT2D eigenvalue weighted by Gasteiger charge is -2.08. The fraction of sp³-hybridized carbons (Fsp3) is 0.308. The third-order valence-corrected chi connectivity index (χ3v) is 5.11. The lowest BCUT2D eigenvalue weighted by atomic mass is 10.2. The van der Waals surface area contributed by atoms with E-state index >= 15 is 0 Å². The number of sulfonamides is 1. The van der Waals surface area contributed by atoms with Gasteiger partial charge in [-0.05, 0) is 31.5 Å². The molecule has 0 saturated heterocycles. The van der Waals surface area contributed by atoms with Crippen molar-refractivity contribution in [2.24, 2.45) is 0 Å². The van der Waals surface area contributed by atoms with Crippen LogP contribution >= 0.6 is 27.5 Å². The van der Waals surface area contributed by atoms with E-state index in [-0.39, 0.29) is 12.3 Å². The quantitative estimate of drug-likeness (QED) is 0.846. The maximum absolute atomic E-state index is 12.1. The summed E-state index contributed by atoms with van der Waals surface area (Å²) in [6.07, 6.45) is 0. The number of nitrogens with one attached hydrogen (secondary N) is 1. The molecule has 0 aliphatic heterocycles. The van der Waals surface area contributed by atoms with Crippen LogP contribution in [0.3, 0.4) is 0 Å². The van der Waals surface area contributed by atoms with Crippen LogP contribution in [-0.4, -0.2) is 13.6 Å². The van der Waals surface area contributed by atoms with Crippen LogP contribution in [0.25, 0.3) is 0 Å². The molecule has 0 saturated carbocycles. The highest BCUT2D eigenvalue weighted by Crippen LogP contribution is 2.22. The van der Waals surface area contributed by atoms with Crippen LogP contribution in [-0.2, 0) is 22.3 Å². The van der Waals surface area contributed by atoms with Gasteiger partial charge in [0, 0.05) is 21.6 Å². The summed E-state index contributed by atoms with van der Waals surface area (Å²) in [6, 6.07) is 5.30. The van der Waals surface area contributed by atoms with E-state index in [9.17, 15) is 8.42 Å². The summed E-state index contributed by atoms with van der Waals surface area (Å²) in [7, 11) is -3.49. The molecule has 0 bridgehead atoms. The van der Waals surface area contributed by atoms with Gasteiger partial charge in [0.15, 0.2) is 0 Å². The molecular formula is C13H14BrClN2O3S. The molecule has 5 nitrogen and oxygen atoms in total. The minimum absolute atomic E-state index is 0.137. The molecule has 0 radical (unpaired) electrons. The molecule has 8 heteroatoms. The van der Waals surface area contributed by atoms with Crippen molar-refractivity contribution < 1.29 is 12.9 Å². The molecule has 0 aliphatic carbocycles. The predicted molar refractivity (Wildman–Crippen MR) is 84.6 cm³/mol. The van der Waals surface area contributed by atoms with Crippen molar-refractivity contribution in [1.82, 2.24) is 9.88 Å². The van der Waals surface area contributed by atoms with Gasteiger partial charge >= 0.3 is 0 Å². The second kappa shape index (κ2) is 6.48. The minimum Gasteiger partial charge on any atom is -0.361 e. The normalized spacial score (nSPS) is 11.8. The third kappa shape index (κ3) is 4.29. The molecule has 2 aromatic rings. The molecular weight excluding hydrogens is 380 g/mol. The van der Waals surface area contributed by atoms with E-state index in [0.29, 0.717) is 27.6 Å². The topological polar surface area (TPSA) is 72.2 Å². The van der Waals surface area contributed by atoms with Crippen LogP contribution in [0.2, 0.25) is 5.02 Å². The maximum atomic E-state index is 12.1. The molecule has 0 fully saturated rings. The van der Waals surface area contributed by atoms with Crippen molar-refractivity contribution in [1.29, 1.82) is 0 Å². The van der Waals surface area contributed by atoms with Gasteiger partial charge in [-0.2, -0.15) is 0 Å². The van der Waals surface area contributed by atoms with Crippen LogP contribution in [0.1, 0.15) is 22.6 Å². The zero-order valence-electron chi connectivity index (χ0n) is 11.5. The second-order valence-corrected chi connectivity index (χ2v) is 7.75. The van der Waals surface area contributed by atoms with Crippen LogP contribution in [0.5, 0.6) is 0 Å². The van der Waals surface area contributed by atoms with Gasteiger partial charge in [-0.25, -0.2) is 13.1 Å². The van der Waals surface area contributed by atoms with Crippen molar-refractivity contribution in [3.63, 3.8) is 0 Å². The smallest absolute Gasteiger partial charge is 0.216 e. The van der Waals surface area contributed by atoms with Crippen molar-refractivity contribution in [3.8, 4) is 0 Å². The monoisotopic (exact) mass is 392 g/mol. The number of nitrogens with zero attached hydrogens (tertiary/aromatic N) is 1. The van der Waals surface area contributed by atoms with Gasteiger partial charge < -0.3 is 4.52 Å². The Morgan fingerprint density at radius 1 is 1.38 bits per heavy atom. The SMILES string of the molecule is Cc1noc(C)c1CS(=O)(=O)NCc1ccc(Br)cc1Cl. The Morgan fingerprint density at radius 3 is 2.67 bits per heavy atom. The highest BCUT2D eigenvalue weighted by molar-refractivity contribution is 9.10. The third-order valence-electron chi connectivity index (χ3n) is 3.01. The molecule has 1 aromatic carbocycles. The Balaban J connectivity index is 2.08. The first-order valence-electron chi connectivity index (χ1n) is 6.11. The Morgan fingerprint density at radius 2 is 2.10 bits per heavy atom. The van der Waals surface area contributed by atoms with Crippen LogP contribution < -0.4 is 4.72 Å². The van der Waals surface area contributed by atoms with E-state index < -0.39 is 10.0 Å². The van der Waals surface area contributed by atoms with Crippen LogP contribution in [0.15, 0.2) is 27.2 Å². The number of halogens is 2. The van der Waals surface area contributed by atoms with E-state index in [4.69, 9.17) is 16.1 Å². The fourth-order valence-corrected chi connectivity index (χ4v) is 3.81. The summed E-state index contributed by atoms with van der Waals surface area (Å²) in [5, 5.41) is 4.25. The molecule has 1 heterocycles. The molecule has 0 unspecified atom stereocenters. The molecule has 0 amide bonds.